The number of pyridine rings is 1. The van der Waals surface area contributed by atoms with Gasteiger partial charge in [-0.25, -0.2) is 9.78 Å². The van der Waals surface area contributed by atoms with Crippen LogP contribution in [0.15, 0.2) is 24.4 Å². The van der Waals surface area contributed by atoms with Gasteiger partial charge in [-0.3, -0.25) is 0 Å². The average molecular weight is 245 g/mol. The predicted molar refractivity (Wildman–Crippen MR) is 69.0 cm³/mol. The van der Waals surface area contributed by atoms with Crippen LogP contribution in [0.5, 0.6) is 0 Å². The molecule has 5 heteroatoms. The Morgan fingerprint density at radius 1 is 1.67 bits per heavy atom. The van der Waals surface area contributed by atoms with Gasteiger partial charge in [0, 0.05) is 25.4 Å². The zero-order valence-electron chi connectivity index (χ0n) is 10.4. The SMILES string of the molecule is CC(CC#N)N(C)c1ccc(/C=C/C(=O)O)cn1. The molecule has 0 aliphatic rings. The molecule has 94 valence electrons. The number of nitrogens with zero attached hydrogens (tertiary/aromatic N) is 3. The zero-order chi connectivity index (χ0) is 13.5. The van der Waals surface area contributed by atoms with Gasteiger partial charge in [-0.1, -0.05) is 0 Å². The van der Waals surface area contributed by atoms with E-state index in [4.69, 9.17) is 10.4 Å². The standard InChI is InChI=1S/C13H15N3O2/c1-10(7-8-14)16(2)12-5-3-11(9-15-12)4-6-13(17)18/h3-6,9-10H,7H2,1-2H3,(H,17,18)/b6-4+. The predicted octanol–water partition coefficient (Wildman–Crippen LogP) is 1.92. The Hall–Kier alpha value is -2.35. The van der Waals surface area contributed by atoms with Crippen molar-refractivity contribution < 1.29 is 9.90 Å². The van der Waals surface area contributed by atoms with Crippen molar-refractivity contribution in [3.05, 3.63) is 30.0 Å². The highest BCUT2D eigenvalue weighted by Gasteiger charge is 2.10. The number of aromatic nitrogens is 1. The molecular formula is C13H15N3O2. The summed E-state index contributed by atoms with van der Waals surface area (Å²) < 4.78 is 0. The molecule has 1 aromatic rings. The number of hydrogen-bond acceptors (Lipinski definition) is 4. The molecule has 0 saturated heterocycles. The van der Waals surface area contributed by atoms with E-state index in [-0.39, 0.29) is 6.04 Å². The second-order valence-corrected chi connectivity index (χ2v) is 3.94. The highest BCUT2D eigenvalue weighted by molar-refractivity contribution is 5.85. The van der Waals surface area contributed by atoms with E-state index in [1.807, 2.05) is 18.9 Å². The van der Waals surface area contributed by atoms with Gasteiger partial charge >= 0.3 is 5.97 Å². The van der Waals surface area contributed by atoms with Gasteiger partial charge in [0.05, 0.1) is 12.5 Å². The van der Waals surface area contributed by atoms with Gasteiger partial charge in [-0.15, -0.1) is 0 Å². The molecule has 0 amide bonds. The van der Waals surface area contributed by atoms with Crippen LogP contribution in [0.2, 0.25) is 0 Å². The van der Waals surface area contributed by atoms with E-state index < -0.39 is 5.97 Å². The Labute approximate surface area is 106 Å². The molecule has 5 nitrogen and oxygen atoms in total. The Balaban J connectivity index is 2.77. The smallest absolute Gasteiger partial charge is 0.328 e. The molecule has 0 radical (unpaired) electrons. The lowest BCUT2D eigenvalue weighted by atomic mass is 10.2. The average Bonchev–Trinajstić information content (AvgIpc) is 2.36. The number of carbonyl (C=O) groups is 1. The molecule has 0 bridgehead atoms. The van der Waals surface area contributed by atoms with Crippen LogP contribution in [0, 0.1) is 11.3 Å². The van der Waals surface area contributed by atoms with Crippen molar-refractivity contribution in [2.75, 3.05) is 11.9 Å². The van der Waals surface area contributed by atoms with Gasteiger partial charge in [0.25, 0.3) is 0 Å². The molecule has 0 aliphatic heterocycles. The van der Waals surface area contributed by atoms with Crippen molar-refractivity contribution in [3.8, 4) is 6.07 Å². The molecule has 1 heterocycles. The van der Waals surface area contributed by atoms with Crippen molar-refractivity contribution in [2.24, 2.45) is 0 Å². The second-order valence-electron chi connectivity index (χ2n) is 3.94. The molecule has 1 N–H and O–H groups in total. The largest absolute Gasteiger partial charge is 0.478 e. The summed E-state index contributed by atoms with van der Waals surface area (Å²) >= 11 is 0. The van der Waals surface area contributed by atoms with Gasteiger partial charge in [0.1, 0.15) is 5.82 Å². The Kier molecular flexibility index (Phi) is 4.88. The Morgan fingerprint density at radius 3 is 2.89 bits per heavy atom. The van der Waals surface area contributed by atoms with E-state index >= 15 is 0 Å². The van der Waals surface area contributed by atoms with E-state index in [9.17, 15) is 4.79 Å². The number of anilines is 1. The summed E-state index contributed by atoms with van der Waals surface area (Å²) in [5, 5.41) is 17.1. The Bertz CT molecular complexity index is 474. The van der Waals surface area contributed by atoms with Gasteiger partial charge in [-0.2, -0.15) is 5.26 Å². The summed E-state index contributed by atoms with van der Waals surface area (Å²) in [7, 11) is 1.87. The van der Waals surface area contributed by atoms with E-state index in [0.29, 0.717) is 6.42 Å². The highest BCUT2D eigenvalue weighted by atomic mass is 16.4. The van der Waals surface area contributed by atoms with Crippen LogP contribution in [0.25, 0.3) is 6.08 Å². The van der Waals surface area contributed by atoms with E-state index in [0.717, 1.165) is 17.5 Å². The number of aliphatic carboxylic acids is 1. The third-order valence-corrected chi connectivity index (χ3v) is 2.60. The maximum Gasteiger partial charge on any atom is 0.328 e. The first-order chi connectivity index (χ1) is 8.54. The van der Waals surface area contributed by atoms with E-state index in [2.05, 4.69) is 11.1 Å². The van der Waals surface area contributed by atoms with Gasteiger partial charge < -0.3 is 10.0 Å². The van der Waals surface area contributed by atoms with Crippen LogP contribution < -0.4 is 4.90 Å². The van der Waals surface area contributed by atoms with Crippen molar-refractivity contribution in [1.82, 2.24) is 4.98 Å². The third kappa shape index (κ3) is 3.91. The monoisotopic (exact) mass is 245 g/mol. The maximum absolute atomic E-state index is 10.4. The van der Waals surface area contributed by atoms with E-state index in [1.165, 1.54) is 6.08 Å². The maximum atomic E-state index is 10.4. The van der Waals surface area contributed by atoms with Crippen LogP contribution in [-0.2, 0) is 4.79 Å². The number of hydrogen-bond donors (Lipinski definition) is 1. The molecule has 0 saturated carbocycles. The fourth-order valence-electron chi connectivity index (χ4n) is 1.37. The normalized spacial score (nSPS) is 12.1. The minimum absolute atomic E-state index is 0.0860. The molecule has 0 aliphatic carbocycles. The van der Waals surface area contributed by atoms with Gasteiger partial charge in [0.2, 0.25) is 0 Å². The molecule has 18 heavy (non-hydrogen) atoms. The van der Waals surface area contributed by atoms with Crippen LogP contribution in [-0.4, -0.2) is 29.1 Å². The Morgan fingerprint density at radius 2 is 2.39 bits per heavy atom. The second kappa shape index (κ2) is 6.40. The van der Waals surface area contributed by atoms with Crippen molar-refractivity contribution in [1.29, 1.82) is 5.26 Å². The minimum atomic E-state index is -0.987. The first kappa shape index (κ1) is 13.7. The summed E-state index contributed by atoms with van der Waals surface area (Å²) in [4.78, 5) is 16.5. The summed E-state index contributed by atoms with van der Waals surface area (Å²) in [5.74, 6) is -0.232. The quantitative estimate of drug-likeness (QED) is 0.802. The number of carboxylic acids is 1. The molecule has 0 aromatic carbocycles. The molecule has 1 aromatic heterocycles. The van der Waals surface area contributed by atoms with Gasteiger partial charge in [0.15, 0.2) is 0 Å². The summed E-state index contributed by atoms with van der Waals surface area (Å²) in [6.45, 7) is 1.95. The fraction of sp³-hybridized carbons (Fsp3) is 0.308. The van der Waals surface area contributed by atoms with Crippen LogP contribution in [0.4, 0.5) is 5.82 Å². The first-order valence-corrected chi connectivity index (χ1v) is 5.51. The van der Waals surface area contributed by atoms with E-state index in [1.54, 1.807) is 18.3 Å². The third-order valence-electron chi connectivity index (χ3n) is 2.60. The number of carboxylic acid groups (broad SMARTS) is 1. The van der Waals surface area contributed by atoms with Crippen molar-refractivity contribution in [3.63, 3.8) is 0 Å². The zero-order valence-corrected chi connectivity index (χ0v) is 10.4. The highest BCUT2D eigenvalue weighted by Crippen LogP contribution is 2.14. The van der Waals surface area contributed by atoms with Crippen LogP contribution >= 0.6 is 0 Å². The summed E-state index contributed by atoms with van der Waals surface area (Å²) in [5.41, 5.74) is 0.725. The topological polar surface area (TPSA) is 77.2 Å². The lowest BCUT2D eigenvalue weighted by molar-refractivity contribution is -0.131. The molecule has 1 unspecified atom stereocenters. The van der Waals surface area contributed by atoms with Crippen molar-refractivity contribution >= 4 is 17.9 Å². The fourth-order valence-corrected chi connectivity index (χ4v) is 1.37. The summed E-state index contributed by atoms with van der Waals surface area (Å²) in [6.07, 6.45) is 4.58. The minimum Gasteiger partial charge on any atom is -0.478 e. The number of nitriles is 1. The molecule has 0 spiro atoms. The molecule has 0 fully saturated rings. The van der Waals surface area contributed by atoms with Crippen molar-refractivity contribution in [2.45, 2.75) is 19.4 Å². The molecule has 1 rings (SSSR count). The first-order valence-electron chi connectivity index (χ1n) is 5.51. The van der Waals surface area contributed by atoms with Crippen LogP contribution in [0.3, 0.4) is 0 Å². The van der Waals surface area contributed by atoms with Crippen LogP contribution in [0.1, 0.15) is 18.9 Å². The lowest BCUT2D eigenvalue weighted by Gasteiger charge is -2.23. The molecular weight excluding hydrogens is 230 g/mol. The molecule has 1 atom stereocenters. The lowest BCUT2D eigenvalue weighted by Crippen LogP contribution is -2.29. The number of rotatable bonds is 5. The summed E-state index contributed by atoms with van der Waals surface area (Å²) in [6, 6.07) is 5.79. The van der Waals surface area contributed by atoms with Gasteiger partial charge in [-0.05, 0) is 30.7 Å².